The first-order valence-electron chi connectivity index (χ1n) is 7.25. The van der Waals surface area contributed by atoms with Gasteiger partial charge in [0.25, 0.3) is 0 Å². The van der Waals surface area contributed by atoms with E-state index in [2.05, 4.69) is 5.32 Å². The molecule has 1 aromatic rings. The van der Waals surface area contributed by atoms with Gasteiger partial charge in [-0.1, -0.05) is 32.0 Å². The van der Waals surface area contributed by atoms with Crippen LogP contribution in [0.5, 0.6) is 0 Å². The Kier molecular flexibility index (Phi) is 5.86. The van der Waals surface area contributed by atoms with E-state index in [1.165, 1.54) is 0 Å². The van der Waals surface area contributed by atoms with Crippen molar-refractivity contribution in [1.29, 1.82) is 0 Å². The number of rotatable bonds is 0. The molecule has 4 nitrogen and oxygen atoms in total. The third kappa shape index (κ3) is 4.76. The Labute approximate surface area is 122 Å². The molecule has 2 rings (SSSR count). The molecule has 1 aromatic carbocycles. The van der Waals surface area contributed by atoms with E-state index in [-0.39, 0.29) is 6.09 Å². The fourth-order valence-electron chi connectivity index (χ4n) is 1.92. The maximum atomic E-state index is 12.1. The molecule has 112 valence electrons. The number of carbonyl (C=O) groups is 1. The van der Waals surface area contributed by atoms with Crippen LogP contribution in [0, 0.1) is 0 Å². The zero-order valence-corrected chi connectivity index (χ0v) is 13.2. The van der Waals surface area contributed by atoms with E-state index in [4.69, 9.17) is 4.74 Å². The predicted octanol–water partition coefficient (Wildman–Crippen LogP) is 3.88. The molecule has 1 heterocycles. The lowest BCUT2D eigenvalue weighted by molar-refractivity contribution is 0.0245. The van der Waals surface area contributed by atoms with Crippen LogP contribution in [0.25, 0.3) is 0 Å². The Morgan fingerprint density at radius 2 is 1.90 bits per heavy atom. The number of carbonyl (C=O) groups excluding carboxylic acids is 1. The summed E-state index contributed by atoms with van der Waals surface area (Å²) in [5.74, 6) is 0. The molecule has 0 radical (unpaired) electrons. The second-order valence-corrected chi connectivity index (χ2v) is 5.49. The van der Waals surface area contributed by atoms with Crippen LogP contribution in [0.15, 0.2) is 24.3 Å². The van der Waals surface area contributed by atoms with Gasteiger partial charge in [-0.3, -0.25) is 0 Å². The van der Waals surface area contributed by atoms with E-state index in [1.807, 2.05) is 58.9 Å². The second kappa shape index (κ2) is 7.17. The van der Waals surface area contributed by atoms with Gasteiger partial charge in [0.2, 0.25) is 0 Å². The second-order valence-electron chi connectivity index (χ2n) is 5.49. The van der Waals surface area contributed by atoms with Gasteiger partial charge in [-0.05, 0) is 32.4 Å². The van der Waals surface area contributed by atoms with Crippen LogP contribution >= 0.6 is 0 Å². The van der Waals surface area contributed by atoms with Crippen LogP contribution in [-0.4, -0.2) is 29.7 Å². The highest BCUT2D eigenvalue weighted by Gasteiger charge is 2.24. The third-order valence-corrected chi connectivity index (χ3v) is 2.73. The minimum atomic E-state index is -0.448. The molecule has 0 spiro atoms. The summed E-state index contributed by atoms with van der Waals surface area (Å²) < 4.78 is 5.41. The Morgan fingerprint density at radius 3 is 2.55 bits per heavy atom. The van der Waals surface area contributed by atoms with Crippen molar-refractivity contribution in [2.75, 3.05) is 18.4 Å². The Balaban J connectivity index is 0.000000956. The molecule has 0 unspecified atom stereocenters. The summed E-state index contributed by atoms with van der Waals surface area (Å²) in [5, 5.41) is 3.32. The Bertz CT molecular complexity index is 438. The number of para-hydroxylation sites is 1. The zero-order chi connectivity index (χ0) is 15.2. The molecule has 1 aliphatic heterocycles. The largest absolute Gasteiger partial charge is 0.444 e. The molecule has 0 atom stereocenters. The van der Waals surface area contributed by atoms with Crippen molar-refractivity contribution in [3.8, 4) is 0 Å². The fourth-order valence-corrected chi connectivity index (χ4v) is 1.92. The average molecular weight is 278 g/mol. The molecule has 0 saturated heterocycles. The molecular formula is C16H26N2O2. The summed E-state index contributed by atoms with van der Waals surface area (Å²) in [4.78, 5) is 13.8. The van der Waals surface area contributed by atoms with Gasteiger partial charge < -0.3 is 15.0 Å². The fraction of sp³-hybridized carbons (Fsp3) is 0.562. The van der Waals surface area contributed by atoms with Crippen LogP contribution in [0.2, 0.25) is 0 Å². The highest BCUT2D eigenvalue weighted by molar-refractivity contribution is 5.69. The highest BCUT2D eigenvalue weighted by Crippen LogP contribution is 2.21. The molecule has 4 heteroatoms. The Morgan fingerprint density at radius 1 is 1.25 bits per heavy atom. The van der Waals surface area contributed by atoms with Crippen LogP contribution in [0.1, 0.15) is 40.2 Å². The lowest BCUT2D eigenvalue weighted by atomic mass is 10.2. The van der Waals surface area contributed by atoms with Crippen molar-refractivity contribution < 1.29 is 9.53 Å². The van der Waals surface area contributed by atoms with Crippen molar-refractivity contribution in [3.63, 3.8) is 0 Å². The van der Waals surface area contributed by atoms with Crippen molar-refractivity contribution in [2.24, 2.45) is 0 Å². The smallest absolute Gasteiger partial charge is 0.410 e. The lowest BCUT2D eigenvalue weighted by Gasteiger charge is -2.26. The van der Waals surface area contributed by atoms with E-state index >= 15 is 0 Å². The van der Waals surface area contributed by atoms with Crippen molar-refractivity contribution >= 4 is 11.8 Å². The van der Waals surface area contributed by atoms with E-state index in [9.17, 15) is 4.79 Å². The summed E-state index contributed by atoms with van der Waals surface area (Å²) in [6.45, 7) is 11.6. The summed E-state index contributed by atoms with van der Waals surface area (Å²) >= 11 is 0. The van der Waals surface area contributed by atoms with Crippen molar-refractivity contribution in [2.45, 2.75) is 46.8 Å². The molecule has 20 heavy (non-hydrogen) atoms. The van der Waals surface area contributed by atoms with E-state index in [1.54, 1.807) is 4.90 Å². The molecule has 1 amide bonds. The minimum Gasteiger partial charge on any atom is -0.444 e. The van der Waals surface area contributed by atoms with Gasteiger partial charge in [-0.2, -0.15) is 0 Å². The summed E-state index contributed by atoms with van der Waals surface area (Å²) in [6.07, 6.45) is -0.249. The molecule has 0 bridgehead atoms. The van der Waals surface area contributed by atoms with E-state index in [0.717, 1.165) is 17.8 Å². The molecule has 0 saturated carbocycles. The minimum absolute atomic E-state index is 0.249. The van der Waals surface area contributed by atoms with Crippen molar-refractivity contribution in [1.82, 2.24) is 4.90 Å². The molecule has 0 aliphatic carbocycles. The first-order valence-corrected chi connectivity index (χ1v) is 7.25. The standard InChI is InChI=1S/C14H20N2O2.C2H6/c1-14(2,3)18-13(17)16-9-8-15-12-7-5-4-6-11(12)10-16;1-2/h4-7,15H,8-10H2,1-3H3;1-2H3. The van der Waals surface area contributed by atoms with Gasteiger partial charge in [-0.15, -0.1) is 0 Å². The maximum absolute atomic E-state index is 12.1. The number of hydrogen-bond donors (Lipinski definition) is 1. The van der Waals surface area contributed by atoms with E-state index < -0.39 is 5.60 Å². The van der Waals surface area contributed by atoms with Gasteiger partial charge in [0, 0.05) is 18.8 Å². The number of anilines is 1. The lowest BCUT2D eigenvalue weighted by Crippen LogP contribution is -2.37. The van der Waals surface area contributed by atoms with Crippen LogP contribution < -0.4 is 5.32 Å². The van der Waals surface area contributed by atoms with Crippen LogP contribution in [0.4, 0.5) is 10.5 Å². The van der Waals surface area contributed by atoms with Crippen molar-refractivity contribution in [3.05, 3.63) is 29.8 Å². The van der Waals surface area contributed by atoms with Gasteiger partial charge >= 0.3 is 6.09 Å². The number of nitrogens with one attached hydrogen (secondary N) is 1. The van der Waals surface area contributed by atoms with Crippen LogP contribution in [0.3, 0.4) is 0 Å². The molecule has 1 aliphatic rings. The molecular weight excluding hydrogens is 252 g/mol. The topological polar surface area (TPSA) is 41.6 Å². The third-order valence-electron chi connectivity index (χ3n) is 2.73. The summed E-state index contributed by atoms with van der Waals surface area (Å²) in [5.41, 5.74) is 1.78. The molecule has 0 aromatic heterocycles. The van der Waals surface area contributed by atoms with E-state index in [0.29, 0.717) is 13.1 Å². The van der Waals surface area contributed by atoms with Gasteiger partial charge in [0.1, 0.15) is 5.60 Å². The van der Waals surface area contributed by atoms with Gasteiger partial charge in [0.05, 0.1) is 6.54 Å². The average Bonchev–Trinajstić information content (AvgIpc) is 2.61. The number of amides is 1. The first kappa shape index (κ1) is 16.3. The first-order chi connectivity index (χ1) is 9.46. The molecule has 1 N–H and O–H groups in total. The van der Waals surface area contributed by atoms with Gasteiger partial charge in [-0.25, -0.2) is 4.79 Å². The predicted molar refractivity (Wildman–Crippen MR) is 82.9 cm³/mol. The maximum Gasteiger partial charge on any atom is 0.410 e. The monoisotopic (exact) mass is 278 g/mol. The summed E-state index contributed by atoms with van der Waals surface area (Å²) in [6, 6.07) is 8.05. The number of fused-ring (bicyclic) bond motifs is 1. The SMILES string of the molecule is CC.CC(C)(C)OC(=O)N1CCNc2ccccc2C1. The number of nitrogens with zero attached hydrogens (tertiary/aromatic N) is 1. The quantitative estimate of drug-likeness (QED) is 0.783. The highest BCUT2D eigenvalue weighted by atomic mass is 16.6. The number of hydrogen-bond acceptors (Lipinski definition) is 3. The number of benzene rings is 1. The van der Waals surface area contributed by atoms with Gasteiger partial charge in [0.15, 0.2) is 0 Å². The molecule has 0 fully saturated rings. The Hall–Kier alpha value is -1.71. The normalized spacial score (nSPS) is 14.2. The number of ether oxygens (including phenoxy) is 1. The summed E-state index contributed by atoms with van der Waals surface area (Å²) in [7, 11) is 0. The van der Waals surface area contributed by atoms with Crippen LogP contribution in [-0.2, 0) is 11.3 Å². The zero-order valence-electron chi connectivity index (χ0n) is 13.2.